The van der Waals surface area contributed by atoms with E-state index in [0.29, 0.717) is 17.8 Å². The Hall–Kier alpha value is -1.89. The monoisotopic (exact) mass is 232 g/mol. The third kappa shape index (κ3) is 0.694. The highest BCUT2D eigenvalue weighted by Gasteiger charge is 2.78. The molecule has 0 amide bonds. The Morgan fingerprint density at radius 3 is 1.67 bits per heavy atom. The summed E-state index contributed by atoms with van der Waals surface area (Å²) in [6.07, 6.45) is 1.24. The molecular weight excluding hydrogens is 220 g/mol. The van der Waals surface area contributed by atoms with Crippen LogP contribution < -0.4 is 0 Å². The number of hydrogen-bond donors (Lipinski definition) is 0. The topological polar surface area (TPSA) is 17.1 Å². The van der Waals surface area contributed by atoms with Crippen molar-refractivity contribution in [3.63, 3.8) is 0 Å². The van der Waals surface area contributed by atoms with Crippen LogP contribution in [-0.2, 0) is 4.79 Å². The minimum absolute atomic E-state index is 0.132. The summed E-state index contributed by atoms with van der Waals surface area (Å²) in [5.74, 6) is 1.22. The summed E-state index contributed by atoms with van der Waals surface area (Å²) in [5.41, 5.74) is 5.46. The number of benzene rings is 2. The van der Waals surface area contributed by atoms with Gasteiger partial charge in [0.15, 0.2) is 0 Å². The van der Waals surface area contributed by atoms with E-state index in [2.05, 4.69) is 48.5 Å². The average molecular weight is 232 g/mol. The van der Waals surface area contributed by atoms with Crippen molar-refractivity contribution in [1.29, 1.82) is 0 Å². The standard InChI is InChI=1S/C17H12O/c18-9-17-14-10-5-1-3-7-12(10)15(17)16(17)13-8-4-2-6-11(13)14/h1-9,14-16H/t14?,15-,16+,17?. The molecule has 0 spiro atoms. The summed E-state index contributed by atoms with van der Waals surface area (Å²) < 4.78 is 0. The highest BCUT2D eigenvalue weighted by molar-refractivity contribution is 5.84. The molecule has 1 nitrogen and oxygen atoms in total. The molecule has 2 aromatic carbocycles. The summed E-state index contributed by atoms with van der Waals surface area (Å²) in [6.45, 7) is 0. The number of carbonyl (C=O) groups is 1. The Bertz CT molecular complexity index is 647. The van der Waals surface area contributed by atoms with Crippen LogP contribution in [0.4, 0.5) is 0 Å². The van der Waals surface area contributed by atoms with E-state index in [-0.39, 0.29) is 5.41 Å². The Kier molecular flexibility index (Phi) is 1.31. The van der Waals surface area contributed by atoms with Crippen molar-refractivity contribution in [3.05, 3.63) is 70.8 Å². The van der Waals surface area contributed by atoms with Crippen LogP contribution in [0.15, 0.2) is 48.5 Å². The molecule has 1 heteroatoms. The van der Waals surface area contributed by atoms with Crippen LogP contribution in [0.3, 0.4) is 0 Å². The molecule has 1 saturated carbocycles. The molecule has 2 unspecified atom stereocenters. The van der Waals surface area contributed by atoms with Crippen molar-refractivity contribution >= 4 is 6.29 Å². The van der Waals surface area contributed by atoms with Crippen LogP contribution in [-0.4, -0.2) is 6.29 Å². The number of fused-ring (bicyclic) bond motifs is 7. The van der Waals surface area contributed by atoms with Gasteiger partial charge in [-0.1, -0.05) is 48.5 Å². The van der Waals surface area contributed by atoms with Gasteiger partial charge in [0.05, 0.1) is 5.41 Å². The number of rotatable bonds is 1. The van der Waals surface area contributed by atoms with Gasteiger partial charge in [-0.15, -0.1) is 0 Å². The van der Waals surface area contributed by atoms with Gasteiger partial charge in [-0.25, -0.2) is 0 Å². The fourth-order valence-electron chi connectivity index (χ4n) is 4.72. The first-order valence-electron chi connectivity index (χ1n) is 6.53. The van der Waals surface area contributed by atoms with Crippen molar-refractivity contribution < 1.29 is 4.79 Å². The van der Waals surface area contributed by atoms with E-state index in [1.54, 1.807) is 0 Å². The molecule has 0 aliphatic heterocycles. The lowest BCUT2D eigenvalue weighted by Gasteiger charge is -2.15. The predicted octanol–water partition coefficient (Wildman–Crippen LogP) is 3.21. The van der Waals surface area contributed by atoms with E-state index in [9.17, 15) is 4.79 Å². The van der Waals surface area contributed by atoms with Crippen molar-refractivity contribution in [2.45, 2.75) is 17.8 Å². The minimum atomic E-state index is -0.132. The zero-order valence-electron chi connectivity index (χ0n) is 9.84. The molecule has 2 aromatic rings. The van der Waals surface area contributed by atoms with E-state index in [4.69, 9.17) is 0 Å². The molecule has 0 N–H and O–H groups in total. The fraction of sp³-hybridized carbons (Fsp3) is 0.235. The summed E-state index contributed by atoms with van der Waals surface area (Å²) in [5, 5.41) is 0. The van der Waals surface area contributed by atoms with Crippen LogP contribution in [0.1, 0.15) is 40.0 Å². The lowest BCUT2D eigenvalue weighted by atomic mass is 9.86. The van der Waals surface area contributed by atoms with Crippen molar-refractivity contribution in [3.8, 4) is 0 Å². The molecule has 0 heterocycles. The molecule has 0 aromatic heterocycles. The third-order valence-electron chi connectivity index (χ3n) is 5.29. The predicted molar refractivity (Wildman–Crippen MR) is 68.7 cm³/mol. The average Bonchev–Trinajstić information content (AvgIpc) is 2.93. The van der Waals surface area contributed by atoms with Crippen molar-refractivity contribution in [2.24, 2.45) is 5.41 Å². The van der Waals surface area contributed by atoms with E-state index < -0.39 is 0 Å². The molecule has 0 radical (unpaired) electrons. The maximum absolute atomic E-state index is 11.8. The van der Waals surface area contributed by atoms with Gasteiger partial charge in [-0.05, 0) is 22.3 Å². The van der Waals surface area contributed by atoms with Gasteiger partial charge in [0.2, 0.25) is 0 Å². The lowest BCUT2D eigenvalue weighted by Crippen LogP contribution is -2.11. The normalized spacial score (nSPS) is 36.8. The smallest absolute Gasteiger partial charge is 0.128 e. The molecule has 0 saturated heterocycles. The van der Waals surface area contributed by atoms with Gasteiger partial charge in [0.25, 0.3) is 0 Å². The Morgan fingerprint density at radius 2 is 1.22 bits per heavy atom. The molecule has 3 aliphatic rings. The van der Waals surface area contributed by atoms with E-state index >= 15 is 0 Å². The first-order chi connectivity index (χ1) is 8.89. The maximum Gasteiger partial charge on any atom is 0.128 e. The number of aldehydes is 1. The van der Waals surface area contributed by atoms with E-state index in [1.165, 1.54) is 28.5 Å². The summed E-state index contributed by atoms with van der Waals surface area (Å²) in [6, 6.07) is 17.2. The molecule has 4 atom stereocenters. The van der Waals surface area contributed by atoms with Crippen molar-refractivity contribution in [1.82, 2.24) is 0 Å². The Balaban J connectivity index is 1.89. The summed E-state index contributed by atoms with van der Waals surface area (Å²) >= 11 is 0. The highest BCUT2D eigenvalue weighted by Crippen LogP contribution is 2.85. The van der Waals surface area contributed by atoms with Crippen molar-refractivity contribution in [2.75, 3.05) is 0 Å². The van der Waals surface area contributed by atoms with Gasteiger partial charge < -0.3 is 4.79 Å². The van der Waals surface area contributed by atoms with Crippen LogP contribution in [0.2, 0.25) is 0 Å². The van der Waals surface area contributed by atoms with Gasteiger partial charge >= 0.3 is 0 Å². The Morgan fingerprint density at radius 1 is 0.778 bits per heavy atom. The third-order valence-corrected chi connectivity index (χ3v) is 5.29. The van der Waals surface area contributed by atoms with Crippen LogP contribution in [0, 0.1) is 5.41 Å². The highest BCUT2D eigenvalue weighted by atomic mass is 16.1. The van der Waals surface area contributed by atoms with E-state index in [0.717, 1.165) is 0 Å². The van der Waals surface area contributed by atoms with Crippen LogP contribution in [0.5, 0.6) is 0 Å². The van der Waals surface area contributed by atoms with Gasteiger partial charge in [0, 0.05) is 17.8 Å². The zero-order valence-corrected chi connectivity index (χ0v) is 9.84. The molecule has 86 valence electrons. The van der Waals surface area contributed by atoms with Gasteiger partial charge in [-0.2, -0.15) is 0 Å². The molecule has 1 fully saturated rings. The summed E-state index contributed by atoms with van der Waals surface area (Å²) in [4.78, 5) is 11.8. The second-order valence-electron chi connectivity index (χ2n) is 5.76. The SMILES string of the molecule is O=CC12C3c4ccccc4[C@@H]1[C@@H]2c1ccccc13. The lowest BCUT2D eigenvalue weighted by molar-refractivity contribution is -0.112. The second-order valence-corrected chi connectivity index (χ2v) is 5.76. The first kappa shape index (κ1) is 9.09. The minimum Gasteiger partial charge on any atom is -0.303 e. The number of carbonyl (C=O) groups excluding carboxylic acids is 1. The first-order valence-corrected chi connectivity index (χ1v) is 6.53. The molecule has 0 bridgehead atoms. The number of hydrogen-bond acceptors (Lipinski definition) is 1. The maximum atomic E-state index is 11.8. The zero-order chi connectivity index (χ0) is 11.9. The van der Waals surface area contributed by atoms with E-state index in [1.807, 2.05) is 0 Å². The van der Waals surface area contributed by atoms with Gasteiger partial charge in [-0.3, -0.25) is 0 Å². The Labute approximate surface area is 105 Å². The van der Waals surface area contributed by atoms with Gasteiger partial charge in [0.1, 0.15) is 6.29 Å². The quantitative estimate of drug-likeness (QED) is 0.690. The second kappa shape index (κ2) is 2.59. The largest absolute Gasteiger partial charge is 0.303 e. The summed E-state index contributed by atoms with van der Waals surface area (Å²) in [7, 11) is 0. The molecular formula is C17H12O. The fourth-order valence-corrected chi connectivity index (χ4v) is 4.72. The van der Waals surface area contributed by atoms with Crippen LogP contribution in [0.25, 0.3) is 0 Å². The van der Waals surface area contributed by atoms with Crippen LogP contribution >= 0.6 is 0 Å². The molecule has 5 rings (SSSR count). The molecule has 18 heavy (non-hydrogen) atoms. The molecule has 3 aliphatic carbocycles.